The van der Waals surface area contributed by atoms with Crippen LogP contribution in [0.5, 0.6) is 0 Å². The highest BCUT2D eigenvalue weighted by Crippen LogP contribution is 2.63. The minimum Gasteiger partial charge on any atom is -0.456 e. The minimum atomic E-state index is -0.452. The minimum absolute atomic E-state index is 0.452. The van der Waals surface area contributed by atoms with Gasteiger partial charge in [-0.05, 0) is 105 Å². The van der Waals surface area contributed by atoms with E-state index in [1.54, 1.807) is 0 Å². The van der Waals surface area contributed by atoms with Crippen LogP contribution in [0.1, 0.15) is 22.3 Å². The average molecular weight is 756 g/mol. The summed E-state index contributed by atoms with van der Waals surface area (Å²) in [6.45, 7) is 0. The number of thiophene rings is 1. The molecule has 0 saturated heterocycles. The van der Waals surface area contributed by atoms with Crippen molar-refractivity contribution in [1.82, 2.24) is 0 Å². The zero-order valence-electron chi connectivity index (χ0n) is 31.3. The molecule has 2 aromatic heterocycles. The lowest BCUT2D eigenvalue weighted by Crippen LogP contribution is -2.26. The van der Waals surface area contributed by atoms with Crippen molar-refractivity contribution >= 4 is 70.5 Å². The molecule has 0 amide bonds. The third-order valence-corrected chi connectivity index (χ3v) is 13.8. The van der Waals surface area contributed by atoms with Crippen LogP contribution in [0, 0.1) is 0 Å². The van der Waals surface area contributed by atoms with E-state index < -0.39 is 5.41 Å². The summed E-state index contributed by atoms with van der Waals surface area (Å²) in [4.78, 5) is 2.48. The monoisotopic (exact) mass is 755 g/mol. The van der Waals surface area contributed by atoms with Crippen LogP contribution in [0.4, 0.5) is 17.1 Å². The van der Waals surface area contributed by atoms with Gasteiger partial charge in [0.05, 0.1) is 11.1 Å². The average Bonchev–Trinajstić information content (AvgIpc) is 4.02. The van der Waals surface area contributed by atoms with E-state index in [9.17, 15) is 0 Å². The van der Waals surface area contributed by atoms with E-state index in [4.69, 9.17) is 4.42 Å². The van der Waals surface area contributed by atoms with Gasteiger partial charge in [0, 0.05) is 47.9 Å². The quantitative estimate of drug-likeness (QED) is 0.178. The highest BCUT2D eigenvalue weighted by molar-refractivity contribution is 7.25. The van der Waals surface area contributed by atoms with Crippen LogP contribution in [0.3, 0.4) is 0 Å². The predicted octanol–water partition coefficient (Wildman–Crippen LogP) is 15.4. The first-order chi connectivity index (χ1) is 28.8. The van der Waals surface area contributed by atoms with Gasteiger partial charge in [-0.2, -0.15) is 0 Å². The summed E-state index contributed by atoms with van der Waals surface area (Å²) in [5.41, 5.74) is 17.6. The van der Waals surface area contributed by atoms with Crippen LogP contribution in [0.15, 0.2) is 205 Å². The topological polar surface area (TPSA) is 16.4 Å². The fourth-order valence-electron chi connectivity index (χ4n) is 10.4. The van der Waals surface area contributed by atoms with Crippen LogP contribution in [-0.4, -0.2) is 0 Å². The van der Waals surface area contributed by atoms with Crippen molar-refractivity contribution in [3.05, 3.63) is 222 Å². The zero-order chi connectivity index (χ0) is 38.0. The van der Waals surface area contributed by atoms with E-state index in [-0.39, 0.29) is 0 Å². The zero-order valence-corrected chi connectivity index (χ0v) is 32.1. The largest absolute Gasteiger partial charge is 0.456 e. The Morgan fingerprint density at radius 2 is 0.897 bits per heavy atom. The molecule has 0 unspecified atom stereocenters. The SMILES string of the molecule is c1ccc(N(c2ccc3c(c2)C2(c4ccccc4-c4ccccc42)c2ccccc2-3)c2ccc3oc4ccccc4c3c2)c(-c2cccc3sc4ccccc4c23)c1. The van der Waals surface area contributed by atoms with E-state index in [0.29, 0.717) is 0 Å². The third kappa shape index (κ3) is 4.21. The molecule has 13 rings (SSSR count). The molecule has 9 aromatic carbocycles. The highest BCUT2D eigenvalue weighted by Gasteiger charge is 2.51. The van der Waals surface area contributed by atoms with Crippen molar-refractivity contribution in [3.63, 3.8) is 0 Å². The normalized spacial score (nSPS) is 13.3. The van der Waals surface area contributed by atoms with E-state index in [2.05, 4.69) is 199 Å². The van der Waals surface area contributed by atoms with Gasteiger partial charge in [-0.25, -0.2) is 0 Å². The van der Waals surface area contributed by atoms with Gasteiger partial charge in [-0.15, -0.1) is 11.3 Å². The first kappa shape index (κ1) is 31.9. The second kappa shape index (κ2) is 11.9. The van der Waals surface area contributed by atoms with Crippen molar-refractivity contribution in [1.29, 1.82) is 0 Å². The van der Waals surface area contributed by atoms with Gasteiger partial charge >= 0.3 is 0 Å². The van der Waals surface area contributed by atoms with Crippen molar-refractivity contribution in [2.75, 3.05) is 4.90 Å². The molecule has 2 nitrogen and oxygen atoms in total. The first-order valence-electron chi connectivity index (χ1n) is 19.9. The molecule has 0 bridgehead atoms. The molecule has 270 valence electrons. The Morgan fingerprint density at radius 3 is 1.66 bits per heavy atom. The summed E-state index contributed by atoms with van der Waals surface area (Å²) in [7, 11) is 0. The Morgan fingerprint density at radius 1 is 0.362 bits per heavy atom. The second-order valence-corrected chi connectivity index (χ2v) is 16.6. The molecule has 3 heteroatoms. The molecule has 0 aliphatic heterocycles. The standard InChI is InChI=1S/C55H33NOS/c1-7-21-45-36(14-1)37-15-2-8-22-46(37)55(45)47-23-9-3-16-38(47)39-30-28-35(33-48(39)55)56(34-29-31-51-44(32-34)41-18-5-11-25-50(41)57-51)49-24-10-4-17-40(49)42-20-13-27-53-54(42)43-19-6-12-26-52(43)58-53/h1-33H. The molecule has 0 N–H and O–H groups in total. The molecule has 2 aliphatic carbocycles. The van der Waals surface area contributed by atoms with Gasteiger partial charge in [0.2, 0.25) is 0 Å². The molecule has 58 heavy (non-hydrogen) atoms. The van der Waals surface area contributed by atoms with Crippen LogP contribution in [-0.2, 0) is 5.41 Å². The number of hydrogen-bond donors (Lipinski definition) is 0. The molecular weight excluding hydrogens is 723 g/mol. The molecule has 2 heterocycles. The maximum atomic E-state index is 6.38. The summed E-state index contributed by atoms with van der Waals surface area (Å²) in [6, 6.07) is 73.9. The van der Waals surface area contributed by atoms with Crippen molar-refractivity contribution < 1.29 is 4.42 Å². The number of rotatable bonds is 4. The lowest BCUT2D eigenvalue weighted by molar-refractivity contribution is 0.669. The maximum absolute atomic E-state index is 6.38. The molecule has 0 saturated carbocycles. The number of benzene rings is 9. The molecule has 0 fully saturated rings. The lowest BCUT2D eigenvalue weighted by Gasteiger charge is -2.32. The Balaban J connectivity index is 1.11. The van der Waals surface area contributed by atoms with Gasteiger partial charge in [0.1, 0.15) is 11.2 Å². The summed E-state index contributed by atoms with van der Waals surface area (Å²) in [5, 5.41) is 4.81. The molecule has 0 radical (unpaired) electrons. The smallest absolute Gasteiger partial charge is 0.135 e. The van der Waals surface area contributed by atoms with Gasteiger partial charge in [-0.1, -0.05) is 146 Å². The van der Waals surface area contributed by atoms with Gasteiger partial charge < -0.3 is 9.32 Å². The number of nitrogens with zero attached hydrogens (tertiary/aromatic N) is 1. The van der Waals surface area contributed by atoms with Gasteiger partial charge in [-0.3, -0.25) is 0 Å². The molecular formula is C55H33NOS. The summed E-state index contributed by atoms with van der Waals surface area (Å²) >= 11 is 1.86. The van der Waals surface area contributed by atoms with Crippen LogP contribution in [0.2, 0.25) is 0 Å². The van der Waals surface area contributed by atoms with Crippen molar-refractivity contribution in [3.8, 4) is 33.4 Å². The van der Waals surface area contributed by atoms with Crippen LogP contribution < -0.4 is 4.90 Å². The summed E-state index contributed by atoms with van der Waals surface area (Å²) < 4.78 is 8.98. The number of fused-ring (bicyclic) bond motifs is 16. The fourth-order valence-corrected chi connectivity index (χ4v) is 11.5. The number of anilines is 3. The number of para-hydroxylation sites is 2. The van der Waals surface area contributed by atoms with Crippen molar-refractivity contribution in [2.24, 2.45) is 0 Å². The second-order valence-electron chi connectivity index (χ2n) is 15.5. The molecule has 1 spiro atoms. The van der Waals surface area contributed by atoms with Gasteiger partial charge in [0.25, 0.3) is 0 Å². The Bertz CT molecular complexity index is 3430. The van der Waals surface area contributed by atoms with E-state index in [0.717, 1.165) is 39.0 Å². The number of furan rings is 1. The Kier molecular flexibility index (Phi) is 6.56. The van der Waals surface area contributed by atoms with Gasteiger partial charge in [0.15, 0.2) is 0 Å². The fraction of sp³-hybridized carbons (Fsp3) is 0.0182. The molecule has 0 atom stereocenters. The third-order valence-electron chi connectivity index (χ3n) is 12.7. The molecule has 2 aliphatic rings. The van der Waals surface area contributed by atoms with E-state index in [1.807, 2.05) is 17.4 Å². The van der Waals surface area contributed by atoms with Crippen LogP contribution >= 0.6 is 11.3 Å². The maximum Gasteiger partial charge on any atom is 0.135 e. The predicted molar refractivity (Wildman–Crippen MR) is 243 cm³/mol. The van der Waals surface area contributed by atoms with E-state index >= 15 is 0 Å². The molecule has 11 aromatic rings. The Hall–Kier alpha value is -7.20. The number of hydrogen-bond acceptors (Lipinski definition) is 3. The van der Waals surface area contributed by atoms with Crippen molar-refractivity contribution in [2.45, 2.75) is 5.41 Å². The lowest BCUT2D eigenvalue weighted by atomic mass is 9.70. The summed E-state index contributed by atoms with van der Waals surface area (Å²) in [6.07, 6.45) is 0. The highest BCUT2D eigenvalue weighted by atomic mass is 32.1. The van der Waals surface area contributed by atoms with E-state index in [1.165, 1.54) is 75.8 Å². The Labute approximate surface area is 339 Å². The van der Waals surface area contributed by atoms with Crippen LogP contribution in [0.25, 0.3) is 75.5 Å². The summed E-state index contributed by atoms with van der Waals surface area (Å²) in [5.74, 6) is 0. The first-order valence-corrected chi connectivity index (χ1v) is 20.7.